The normalized spacial score (nSPS) is 25.5. The van der Waals surface area contributed by atoms with E-state index in [1.807, 2.05) is 35.4 Å². The first-order chi connectivity index (χ1) is 34.7. The standard InChI is InChI=1S/C55H68N8O8S/c1-35(2)41-8-5-6-9-42(41)45-10-7-24-61(45)39-31-55(32-39)21-25-60(26-22-55)38-11-13-43(46(29-38)62-48-28-37-17-23-56-51(37)58-53(48)71-50-18-27-70-34-49(50)62)52(64)59-72(67,68)40-12-14-44(47(30-40)63(65)66)57-33-36-15-19-54(3,69-4)20-16-36/h5-6,8-9,11-14,17,23,28-30,35-36,39,45,49-50,57H,7,10,15-16,18-22,24-27,31-34H2,1-4H3,(H,56,58)(H,59,64)/t36?,45-,49+,50+,54?/m0/s1. The second kappa shape index (κ2) is 19.3. The third kappa shape index (κ3) is 9.19. The van der Waals surface area contributed by atoms with Gasteiger partial charge in [-0.05, 0) is 149 Å². The van der Waals surface area contributed by atoms with E-state index in [1.54, 1.807) is 13.2 Å². The average Bonchev–Trinajstić information content (AvgIpc) is 4.06. The van der Waals surface area contributed by atoms with E-state index in [1.165, 1.54) is 48.9 Å². The Kier molecular flexibility index (Phi) is 13.0. The first kappa shape index (κ1) is 48.5. The molecular formula is C55H68N8O8S. The Morgan fingerprint density at radius 2 is 1.76 bits per heavy atom. The van der Waals surface area contributed by atoms with Crippen molar-refractivity contribution in [2.45, 2.75) is 132 Å². The molecule has 16 nitrogen and oxygen atoms in total. The molecule has 6 aliphatic rings. The highest BCUT2D eigenvalue weighted by Crippen LogP contribution is 2.55. The Bertz CT molecular complexity index is 2960. The zero-order valence-electron chi connectivity index (χ0n) is 41.9. The van der Waals surface area contributed by atoms with Crippen LogP contribution in [0.4, 0.5) is 28.4 Å². The molecule has 6 heterocycles. The van der Waals surface area contributed by atoms with E-state index in [-0.39, 0.29) is 40.3 Å². The van der Waals surface area contributed by atoms with Gasteiger partial charge in [-0.2, -0.15) is 4.98 Å². The molecule has 382 valence electrons. The average molecular weight is 1000 g/mol. The number of hydrogen-bond acceptors (Lipinski definition) is 13. The van der Waals surface area contributed by atoms with Gasteiger partial charge in [0, 0.05) is 68.6 Å². The maximum atomic E-state index is 14.7. The van der Waals surface area contributed by atoms with Gasteiger partial charge in [0.2, 0.25) is 5.88 Å². The number of carbonyl (C=O) groups excluding carboxylic acids is 1. The van der Waals surface area contributed by atoms with Crippen molar-refractivity contribution in [3.63, 3.8) is 0 Å². The Morgan fingerprint density at radius 1 is 0.972 bits per heavy atom. The van der Waals surface area contributed by atoms with Gasteiger partial charge >= 0.3 is 0 Å². The van der Waals surface area contributed by atoms with Crippen LogP contribution in [0.5, 0.6) is 5.88 Å². The van der Waals surface area contributed by atoms with Crippen molar-refractivity contribution in [3.8, 4) is 5.88 Å². The van der Waals surface area contributed by atoms with Gasteiger partial charge in [0.15, 0.2) is 0 Å². The molecule has 2 saturated carbocycles. The second-order valence-corrected chi connectivity index (χ2v) is 23.6. The Hall–Kier alpha value is -5.75. The van der Waals surface area contributed by atoms with Gasteiger partial charge in [-0.3, -0.25) is 19.8 Å². The van der Waals surface area contributed by atoms with Crippen LogP contribution < -0.4 is 24.6 Å². The number of sulfonamides is 1. The number of methoxy groups -OCH3 is 1. The Morgan fingerprint density at radius 3 is 2.53 bits per heavy atom. The van der Waals surface area contributed by atoms with Crippen LogP contribution in [0, 0.1) is 21.4 Å². The van der Waals surface area contributed by atoms with Gasteiger partial charge in [0.1, 0.15) is 23.1 Å². The fourth-order valence-electron chi connectivity index (χ4n) is 12.9. The van der Waals surface area contributed by atoms with E-state index < -0.39 is 31.4 Å². The number of H-pyrrole nitrogens is 1. The van der Waals surface area contributed by atoms with Crippen molar-refractivity contribution in [2.24, 2.45) is 11.3 Å². The number of carbonyl (C=O) groups is 1. The van der Waals surface area contributed by atoms with Crippen molar-refractivity contribution in [1.82, 2.24) is 19.6 Å². The molecule has 5 aromatic rings. The summed E-state index contributed by atoms with van der Waals surface area (Å²) in [4.78, 5) is 41.5. The van der Waals surface area contributed by atoms with Gasteiger partial charge in [-0.15, -0.1) is 0 Å². The highest BCUT2D eigenvalue weighted by molar-refractivity contribution is 7.90. The van der Waals surface area contributed by atoms with E-state index in [2.05, 4.69) is 69.9 Å². The summed E-state index contributed by atoms with van der Waals surface area (Å²) < 4.78 is 49.0. The summed E-state index contributed by atoms with van der Waals surface area (Å²) >= 11 is 0. The zero-order valence-corrected chi connectivity index (χ0v) is 42.7. The number of benzene rings is 3. The molecule has 0 unspecified atom stereocenters. The monoisotopic (exact) mass is 1000 g/mol. The quantitative estimate of drug-likeness (QED) is 0.0749. The number of fused-ring (bicyclic) bond motifs is 3. The molecule has 5 fully saturated rings. The van der Waals surface area contributed by atoms with E-state index in [4.69, 9.17) is 19.2 Å². The molecule has 2 aliphatic carbocycles. The number of aromatic nitrogens is 2. The Balaban J connectivity index is 0.858. The first-order valence-electron chi connectivity index (χ1n) is 26.1. The molecular weight excluding hydrogens is 933 g/mol. The van der Waals surface area contributed by atoms with Crippen LogP contribution in [0.2, 0.25) is 0 Å². The van der Waals surface area contributed by atoms with Crippen LogP contribution in [0.25, 0.3) is 11.0 Å². The number of likely N-dealkylation sites (tertiary alicyclic amines) is 1. The highest BCUT2D eigenvalue weighted by Gasteiger charge is 2.50. The van der Waals surface area contributed by atoms with Crippen molar-refractivity contribution < 1.29 is 32.3 Å². The zero-order chi connectivity index (χ0) is 49.9. The number of nitro groups is 1. The number of amides is 1. The summed E-state index contributed by atoms with van der Waals surface area (Å²) in [6, 6.07) is 23.0. The summed E-state index contributed by atoms with van der Waals surface area (Å²) in [5, 5.41) is 16.5. The largest absolute Gasteiger partial charge is 0.470 e. The molecule has 1 amide bonds. The van der Waals surface area contributed by atoms with E-state index >= 15 is 0 Å². The fourth-order valence-corrected chi connectivity index (χ4v) is 13.9. The number of piperidine rings is 1. The lowest BCUT2D eigenvalue weighted by molar-refractivity contribution is -0.384. The summed E-state index contributed by atoms with van der Waals surface area (Å²) in [5.74, 6) is 0.308. The van der Waals surface area contributed by atoms with E-state index in [0.29, 0.717) is 67.1 Å². The number of hydrogen-bond donors (Lipinski definition) is 3. The molecule has 0 bridgehead atoms. The Labute approximate surface area is 422 Å². The molecule has 72 heavy (non-hydrogen) atoms. The van der Waals surface area contributed by atoms with Crippen LogP contribution >= 0.6 is 0 Å². The minimum atomic E-state index is -4.60. The molecule has 1 spiro atoms. The van der Waals surface area contributed by atoms with Crippen molar-refractivity contribution in [1.29, 1.82) is 0 Å². The summed E-state index contributed by atoms with van der Waals surface area (Å²) in [7, 11) is -2.88. The van der Waals surface area contributed by atoms with Crippen LogP contribution in [-0.2, 0) is 19.5 Å². The highest BCUT2D eigenvalue weighted by atomic mass is 32.2. The minimum absolute atomic E-state index is 0.119. The molecule has 3 atom stereocenters. The van der Waals surface area contributed by atoms with E-state index in [9.17, 15) is 23.3 Å². The van der Waals surface area contributed by atoms with Gasteiger partial charge in [-0.25, -0.2) is 13.1 Å². The molecule has 3 saturated heterocycles. The lowest BCUT2D eigenvalue weighted by atomic mass is 9.59. The molecule has 17 heteroatoms. The van der Waals surface area contributed by atoms with Crippen LogP contribution in [0.3, 0.4) is 0 Å². The minimum Gasteiger partial charge on any atom is -0.470 e. The van der Waals surface area contributed by atoms with Gasteiger partial charge < -0.3 is 34.3 Å². The van der Waals surface area contributed by atoms with Crippen LogP contribution in [-0.4, -0.2) is 104 Å². The number of rotatable bonds is 13. The van der Waals surface area contributed by atoms with Crippen LogP contribution in [0.1, 0.15) is 125 Å². The number of aromatic amines is 1. The summed E-state index contributed by atoms with van der Waals surface area (Å²) in [6.45, 7) is 10.8. The molecule has 4 aliphatic heterocycles. The maximum Gasteiger partial charge on any atom is 0.293 e. The van der Waals surface area contributed by atoms with Crippen LogP contribution in [0.15, 0.2) is 83.9 Å². The van der Waals surface area contributed by atoms with E-state index in [0.717, 1.165) is 75.3 Å². The predicted molar refractivity (Wildman–Crippen MR) is 278 cm³/mol. The van der Waals surface area contributed by atoms with Crippen molar-refractivity contribution in [3.05, 3.63) is 106 Å². The smallest absolute Gasteiger partial charge is 0.293 e. The number of ether oxygens (including phenoxy) is 3. The molecule has 11 rings (SSSR count). The SMILES string of the molecule is COC1(C)CCC(CNc2ccc(S(=O)(=O)NC(=O)c3ccc(N4CCC5(CC4)CC(N4CCC[C@H]4c4ccccc4C(C)C)C5)cc3N3c4cc5cc[nH]c5nc4O[C@@H]4CCOC[C@H]43)cc2[N+](=O)[O-])CC1. The number of nitro benzene ring substituents is 1. The number of nitrogens with one attached hydrogen (secondary N) is 3. The second-order valence-electron chi connectivity index (χ2n) is 22.0. The number of nitrogens with zero attached hydrogens (tertiary/aromatic N) is 5. The van der Waals surface area contributed by atoms with Gasteiger partial charge in [-0.1, -0.05) is 38.1 Å². The molecule has 3 N–H and O–H groups in total. The van der Waals surface area contributed by atoms with Crippen molar-refractivity contribution in [2.75, 3.05) is 61.6 Å². The van der Waals surface area contributed by atoms with Crippen molar-refractivity contribution >= 4 is 55.4 Å². The number of anilines is 4. The lowest BCUT2D eigenvalue weighted by Gasteiger charge is -2.56. The molecule has 3 aromatic carbocycles. The third-order valence-electron chi connectivity index (χ3n) is 17.3. The number of pyridine rings is 1. The van der Waals surface area contributed by atoms with Gasteiger partial charge in [0.25, 0.3) is 21.6 Å². The fraction of sp³-hybridized carbons (Fsp3) is 0.527. The summed E-state index contributed by atoms with van der Waals surface area (Å²) in [6.07, 6.45) is 12.6. The topological polar surface area (TPSA) is 184 Å². The lowest BCUT2D eigenvalue weighted by Crippen LogP contribution is -2.55. The first-order valence-corrected chi connectivity index (χ1v) is 27.6. The maximum absolute atomic E-state index is 14.7. The molecule has 0 radical (unpaired) electrons. The summed E-state index contributed by atoms with van der Waals surface area (Å²) in [5.41, 5.74) is 5.75. The molecule has 2 aromatic heterocycles. The third-order valence-corrected chi connectivity index (χ3v) is 18.6. The predicted octanol–water partition coefficient (Wildman–Crippen LogP) is 9.99. The van der Waals surface area contributed by atoms with Gasteiger partial charge in [0.05, 0.1) is 45.9 Å².